The van der Waals surface area contributed by atoms with Crippen LogP contribution in [0.15, 0.2) is 72.8 Å². The second-order valence-corrected chi connectivity index (χ2v) is 13.3. The number of ether oxygens (including phenoxy) is 1. The van der Waals surface area contributed by atoms with Gasteiger partial charge in [-0.15, -0.1) is 0 Å². The smallest absolute Gasteiger partial charge is 0.243 e. The quantitative estimate of drug-likeness (QED) is 0.254. The third-order valence-electron chi connectivity index (χ3n) is 7.44. The van der Waals surface area contributed by atoms with Crippen LogP contribution in [-0.2, 0) is 32.6 Å². The first kappa shape index (κ1) is 33.6. The van der Waals surface area contributed by atoms with Crippen LogP contribution in [0.4, 0.5) is 5.69 Å². The van der Waals surface area contributed by atoms with Crippen molar-refractivity contribution in [2.75, 3.05) is 30.8 Å². The van der Waals surface area contributed by atoms with Crippen LogP contribution in [0.1, 0.15) is 48.9 Å². The molecule has 0 saturated heterocycles. The van der Waals surface area contributed by atoms with E-state index < -0.39 is 16.1 Å². The fourth-order valence-electron chi connectivity index (χ4n) is 4.93. The SMILES string of the molecule is COc1cccc(CN(C(=O)CCCN(c2cccc(C)c2C)S(C)(=O)=O)C(Cc2ccccc2)C(=O)NCC(C)C)c1. The minimum atomic E-state index is -3.59. The zero-order chi connectivity index (χ0) is 31.6. The molecule has 0 aromatic heterocycles. The number of aryl methyl sites for hydroxylation is 1. The van der Waals surface area contributed by atoms with E-state index in [1.54, 1.807) is 18.1 Å². The molecule has 9 heteroatoms. The predicted molar refractivity (Wildman–Crippen MR) is 173 cm³/mol. The number of nitrogens with one attached hydrogen (secondary N) is 1. The van der Waals surface area contributed by atoms with Crippen molar-refractivity contribution in [1.82, 2.24) is 10.2 Å². The van der Waals surface area contributed by atoms with Crippen LogP contribution < -0.4 is 14.4 Å². The van der Waals surface area contributed by atoms with Crippen LogP contribution in [0.3, 0.4) is 0 Å². The molecule has 43 heavy (non-hydrogen) atoms. The Balaban J connectivity index is 1.92. The van der Waals surface area contributed by atoms with Crippen molar-refractivity contribution in [3.8, 4) is 5.75 Å². The maximum Gasteiger partial charge on any atom is 0.243 e. The van der Waals surface area contributed by atoms with E-state index in [-0.39, 0.29) is 37.2 Å². The van der Waals surface area contributed by atoms with Crippen molar-refractivity contribution in [3.63, 3.8) is 0 Å². The van der Waals surface area contributed by atoms with E-state index in [1.165, 1.54) is 10.6 Å². The van der Waals surface area contributed by atoms with Crippen LogP contribution in [-0.4, -0.2) is 57.6 Å². The van der Waals surface area contributed by atoms with Crippen LogP contribution in [0, 0.1) is 19.8 Å². The molecular weight excluding hydrogens is 562 g/mol. The van der Waals surface area contributed by atoms with Crippen molar-refractivity contribution in [3.05, 3.63) is 95.1 Å². The summed E-state index contributed by atoms with van der Waals surface area (Å²) in [5, 5.41) is 3.03. The molecule has 232 valence electrons. The van der Waals surface area contributed by atoms with Crippen LogP contribution in [0.5, 0.6) is 5.75 Å². The first-order chi connectivity index (χ1) is 20.4. The number of hydrogen-bond acceptors (Lipinski definition) is 5. The first-order valence-electron chi connectivity index (χ1n) is 14.7. The van der Waals surface area contributed by atoms with Crippen molar-refractivity contribution in [2.45, 2.75) is 59.5 Å². The third-order valence-corrected chi connectivity index (χ3v) is 8.62. The van der Waals surface area contributed by atoms with Crippen molar-refractivity contribution >= 4 is 27.5 Å². The normalized spacial score (nSPS) is 12.1. The molecule has 1 N–H and O–H groups in total. The summed E-state index contributed by atoms with van der Waals surface area (Å²) in [7, 11) is -2.00. The van der Waals surface area contributed by atoms with Crippen LogP contribution in [0.25, 0.3) is 0 Å². The maximum atomic E-state index is 14.0. The molecule has 0 saturated carbocycles. The van der Waals surface area contributed by atoms with E-state index in [4.69, 9.17) is 4.74 Å². The number of benzene rings is 3. The highest BCUT2D eigenvalue weighted by Crippen LogP contribution is 2.26. The molecule has 0 fully saturated rings. The number of hydrogen-bond donors (Lipinski definition) is 1. The Labute approximate surface area is 257 Å². The topological polar surface area (TPSA) is 96.0 Å². The van der Waals surface area contributed by atoms with Crippen molar-refractivity contribution in [1.29, 1.82) is 0 Å². The van der Waals surface area contributed by atoms with Gasteiger partial charge in [-0.05, 0) is 66.6 Å². The third kappa shape index (κ3) is 9.85. The van der Waals surface area contributed by atoms with Gasteiger partial charge in [0.05, 0.1) is 19.1 Å². The monoisotopic (exact) mass is 607 g/mol. The van der Waals surface area contributed by atoms with Gasteiger partial charge in [-0.25, -0.2) is 8.42 Å². The van der Waals surface area contributed by atoms with Gasteiger partial charge in [-0.1, -0.05) is 68.4 Å². The number of methoxy groups -OCH3 is 1. The number of amides is 2. The highest BCUT2D eigenvalue weighted by atomic mass is 32.2. The maximum absolute atomic E-state index is 14.0. The van der Waals surface area contributed by atoms with Gasteiger partial charge in [-0.3, -0.25) is 13.9 Å². The van der Waals surface area contributed by atoms with Crippen LogP contribution in [0.2, 0.25) is 0 Å². The van der Waals surface area contributed by atoms with Gasteiger partial charge in [-0.2, -0.15) is 0 Å². The summed E-state index contributed by atoms with van der Waals surface area (Å²) in [6, 6.07) is 21.9. The molecule has 8 nitrogen and oxygen atoms in total. The molecule has 0 aliphatic carbocycles. The van der Waals surface area contributed by atoms with E-state index in [9.17, 15) is 18.0 Å². The van der Waals surface area contributed by atoms with E-state index in [1.807, 2.05) is 94.4 Å². The van der Waals surface area contributed by atoms with E-state index in [0.717, 1.165) is 22.3 Å². The van der Waals surface area contributed by atoms with Gasteiger partial charge in [0.25, 0.3) is 0 Å². The second kappa shape index (κ2) is 15.6. The summed E-state index contributed by atoms with van der Waals surface area (Å²) in [5.74, 6) is 0.460. The zero-order valence-corrected chi connectivity index (χ0v) is 27.0. The Morgan fingerprint density at radius 1 is 0.930 bits per heavy atom. The number of carbonyl (C=O) groups excluding carboxylic acids is 2. The number of nitrogens with zero attached hydrogens (tertiary/aromatic N) is 2. The van der Waals surface area contributed by atoms with Gasteiger partial charge in [0, 0.05) is 32.5 Å². The standard InChI is InChI=1S/C34H45N3O5S/c1-25(2)23-35-34(39)32(22-28-14-8-7-9-15-28)36(24-29-16-11-17-30(21-29)42-5)33(38)19-12-20-37(43(6,40)41)31-18-10-13-26(3)27(31)4/h7-11,13-18,21,25,32H,12,19-20,22-24H2,1-6H3,(H,35,39). The number of sulfonamides is 1. The Morgan fingerprint density at radius 3 is 2.26 bits per heavy atom. The summed E-state index contributed by atoms with van der Waals surface area (Å²) in [6.45, 7) is 8.72. The lowest BCUT2D eigenvalue weighted by Crippen LogP contribution is -2.51. The zero-order valence-electron chi connectivity index (χ0n) is 26.2. The Hall–Kier alpha value is -3.85. The molecule has 0 aliphatic rings. The van der Waals surface area contributed by atoms with Gasteiger partial charge in [0.1, 0.15) is 11.8 Å². The first-order valence-corrected chi connectivity index (χ1v) is 16.5. The summed E-state index contributed by atoms with van der Waals surface area (Å²) >= 11 is 0. The molecule has 1 atom stereocenters. The van der Waals surface area contributed by atoms with Gasteiger partial charge in [0.2, 0.25) is 21.8 Å². The largest absolute Gasteiger partial charge is 0.497 e. The Kier molecular flexibility index (Phi) is 12.2. The molecule has 0 aliphatic heterocycles. The molecule has 2 amide bonds. The molecule has 1 unspecified atom stereocenters. The molecule has 3 rings (SSSR count). The molecule has 3 aromatic rings. The average Bonchev–Trinajstić information content (AvgIpc) is 2.97. The number of anilines is 1. The molecular formula is C34H45N3O5S. The Morgan fingerprint density at radius 2 is 1.60 bits per heavy atom. The summed E-state index contributed by atoms with van der Waals surface area (Å²) in [4.78, 5) is 29.3. The van der Waals surface area contributed by atoms with Gasteiger partial charge >= 0.3 is 0 Å². The van der Waals surface area contributed by atoms with Gasteiger partial charge in [0.15, 0.2) is 0 Å². The molecule has 0 spiro atoms. The fourth-order valence-corrected chi connectivity index (χ4v) is 5.95. The van der Waals surface area contributed by atoms with Crippen molar-refractivity contribution < 1.29 is 22.7 Å². The minimum absolute atomic E-state index is 0.0730. The van der Waals surface area contributed by atoms with Gasteiger partial charge < -0.3 is 15.0 Å². The molecule has 3 aromatic carbocycles. The predicted octanol–water partition coefficient (Wildman–Crippen LogP) is 5.27. The molecule has 0 bridgehead atoms. The Bertz CT molecular complexity index is 1470. The lowest BCUT2D eigenvalue weighted by molar-refractivity contribution is -0.141. The summed E-state index contributed by atoms with van der Waals surface area (Å²) in [6.07, 6.45) is 1.89. The fraction of sp³-hybridized carbons (Fsp3) is 0.412. The van der Waals surface area contributed by atoms with E-state index in [0.29, 0.717) is 30.8 Å². The summed E-state index contributed by atoms with van der Waals surface area (Å²) in [5.41, 5.74) is 4.24. The summed E-state index contributed by atoms with van der Waals surface area (Å²) < 4.78 is 32.4. The number of carbonyl (C=O) groups is 2. The highest BCUT2D eigenvalue weighted by molar-refractivity contribution is 7.92. The lowest BCUT2D eigenvalue weighted by Gasteiger charge is -2.32. The molecule has 0 heterocycles. The second-order valence-electron chi connectivity index (χ2n) is 11.4. The van der Waals surface area contributed by atoms with Crippen molar-refractivity contribution in [2.24, 2.45) is 5.92 Å². The highest BCUT2D eigenvalue weighted by Gasteiger charge is 2.31. The van der Waals surface area contributed by atoms with E-state index >= 15 is 0 Å². The van der Waals surface area contributed by atoms with E-state index in [2.05, 4.69) is 5.32 Å². The average molecular weight is 608 g/mol. The minimum Gasteiger partial charge on any atom is -0.497 e. The number of rotatable bonds is 15. The molecule has 0 radical (unpaired) electrons. The van der Waals surface area contributed by atoms with Crippen LogP contribution >= 0.6 is 0 Å². The lowest BCUT2D eigenvalue weighted by atomic mass is 10.0.